The minimum absolute atomic E-state index is 0.00402. The first-order valence-corrected chi connectivity index (χ1v) is 10.6. The molecule has 1 fully saturated rings. The number of aromatic nitrogens is 3. The van der Waals surface area contributed by atoms with Crippen LogP contribution >= 0.6 is 0 Å². The first-order valence-electron chi connectivity index (χ1n) is 10.6. The van der Waals surface area contributed by atoms with E-state index in [0.717, 1.165) is 55.3 Å². The number of carbonyl (C=O) groups excluding carboxylic acids is 1. The Balaban J connectivity index is 1.29. The second kappa shape index (κ2) is 9.22. The summed E-state index contributed by atoms with van der Waals surface area (Å²) in [6.07, 6.45) is 2.28. The molecule has 6 nitrogen and oxygen atoms in total. The van der Waals surface area contributed by atoms with Crippen LogP contribution in [0, 0.1) is 12.8 Å². The molecule has 156 valence electrons. The van der Waals surface area contributed by atoms with E-state index in [0.29, 0.717) is 18.0 Å². The zero-order valence-electron chi connectivity index (χ0n) is 17.7. The van der Waals surface area contributed by atoms with Gasteiger partial charge in [-0.25, -0.2) is 4.98 Å². The number of piperidine rings is 1. The number of hydrogen-bond acceptors (Lipinski definition) is 4. The van der Waals surface area contributed by atoms with Crippen LogP contribution in [0.15, 0.2) is 54.6 Å². The summed E-state index contributed by atoms with van der Waals surface area (Å²) in [6, 6.07) is 18.0. The van der Waals surface area contributed by atoms with Gasteiger partial charge in [-0.05, 0) is 55.5 Å². The number of likely N-dealkylation sites (tertiary alicyclic amines) is 1. The van der Waals surface area contributed by atoms with E-state index in [1.54, 1.807) is 0 Å². The Hall–Kier alpha value is -2.99. The highest BCUT2D eigenvalue weighted by molar-refractivity contribution is 5.94. The van der Waals surface area contributed by atoms with Gasteiger partial charge >= 0.3 is 0 Å². The van der Waals surface area contributed by atoms with Crippen LogP contribution < -0.4 is 5.32 Å². The molecule has 2 heterocycles. The van der Waals surface area contributed by atoms with Crippen LogP contribution in [-0.4, -0.2) is 45.2 Å². The Morgan fingerprint density at radius 1 is 1.10 bits per heavy atom. The van der Waals surface area contributed by atoms with Gasteiger partial charge in [-0.3, -0.25) is 14.4 Å². The lowest BCUT2D eigenvalue weighted by molar-refractivity contribution is 0.0929. The van der Waals surface area contributed by atoms with E-state index >= 15 is 0 Å². The van der Waals surface area contributed by atoms with Crippen molar-refractivity contribution in [1.82, 2.24) is 25.0 Å². The topological polar surface area (TPSA) is 63.1 Å². The van der Waals surface area contributed by atoms with Crippen molar-refractivity contribution < 1.29 is 4.79 Å². The maximum absolute atomic E-state index is 12.6. The molecule has 6 heteroatoms. The van der Waals surface area contributed by atoms with E-state index in [4.69, 9.17) is 0 Å². The largest absolute Gasteiger partial charge is 0.352 e. The monoisotopic (exact) mass is 403 g/mol. The molecule has 0 aliphatic carbocycles. The van der Waals surface area contributed by atoms with Crippen molar-refractivity contribution in [2.45, 2.75) is 26.3 Å². The molecule has 0 spiro atoms. The number of rotatable bonds is 6. The molecular weight excluding hydrogens is 374 g/mol. The SMILES string of the molecule is Cc1nc(CN2CCCC(CNC(=O)c3ccc(-c4ccccc4)cc3)C2)n(C)n1. The Morgan fingerprint density at radius 3 is 2.53 bits per heavy atom. The van der Waals surface area contributed by atoms with E-state index in [-0.39, 0.29) is 5.91 Å². The molecular formula is C24H29N5O. The van der Waals surface area contributed by atoms with Crippen LogP contribution in [0.1, 0.15) is 34.8 Å². The number of carbonyl (C=O) groups is 1. The van der Waals surface area contributed by atoms with Gasteiger partial charge in [0.2, 0.25) is 0 Å². The second-order valence-corrected chi connectivity index (χ2v) is 8.10. The first kappa shape index (κ1) is 20.3. The van der Waals surface area contributed by atoms with Gasteiger partial charge in [-0.2, -0.15) is 5.10 Å². The first-order chi connectivity index (χ1) is 14.6. The number of nitrogens with one attached hydrogen (secondary N) is 1. The van der Waals surface area contributed by atoms with Gasteiger partial charge in [0.05, 0.1) is 6.54 Å². The molecule has 1 amide bonds. The van der Waals surface area contributed by atoms with Gasteiger partial charge in [0.25, 0.3) is 5.91 Å². The van der Waals surface area contributed by atoms with Crippen LogP contribution in [0.2, 0.25) is 0 Å². The normalized spacial score (nSPS) is 17.1. The van der Waals surface area contributed by atoms with E-state index < -0.39 is 0 Å². The van der Waals surface area contributed by atoms with Crippen molar-refractivity contribution in [2.75, 3.05) is 19.6 Å². The smallest absolute Gasteiger partial charge is 0.251 e. The highest BCUT2D eigenvalue weighted by atomic mass is 16.1. The van der Waals surface area contributed by atoms with Crippen LogP contribution in [0.25, 0.3) is 11.1 Å². The van der Waals surface area contributed by atoms with Gasteiger partial charge in [0.15, 0.2) is 0 Å². The summed E-state index contributed by atoms with van der Waals surface area (Å²) >= 11 is 0. The summed E-state index contributed by atoms with van der Waals surface area (Å²) in [5.74, 6) is 2.26. The molecule has 1 saturated heterocycles. The predicted molar refractivity (Wildman–Crippen MR) is 118 cm³/mol. The van der Waals surface area contributed by atoms with Crippen molar-refractivity contribution in [2.24, 2.45) is 13.0 Å². The van der Waals surface area contributed by atoms with Gasteiger partial charge in [0.1, 0.15) is 11.6 Å². The van der Waals surface area contributed by atoms with Crippen molar-refractivity contribution in [1.29, 1.82) is 0 Å². The minimum atomic E-state index is -0.00402. The fourth-order valence-corrected chi connectivity index (χ4v) is 4.14. The van der Waals surface area contributed by atoms with E-state index in [9.17, 15) is 4.79 Å². The summed E-state index contributed by atoms with van der Waals surface area (Å²) in [5, 5.41) is 7.47. The summed E-state index contributed by atoms with van der Waals surface area (Å²) in [7, 11) is 1.94. The Labute approximate surface area is 177 Å². The van der Waals surface area contributed by atoms with E-state index in [2.05, 4.69) is 32.4 Å². The summed E-state index contributed by atoms with van der Waals surface area (Å²) in [6.45, 7) is 5.47. The summed E-state index contributed by atoms with van der Waals surface area (Å²) in [4.78, 5) is 19.5. The quantitative estimate of drug-likeness (QED) is 0.685. The van der Waals surface area contributed by atoms with Crippen molar-refractivity contribution in [3.05, 3.63) is 71.8 Å². The molecule has 1 unspecified atom stereocenters. The highest BCUT2D eigenvalue weighted by Gasteiger charge is 2.22. The maximum atomic E-state index is 12.6. The number of amides is 1. The molecule has 0 saturated carbocycles. The molecule has 1 aromatic heterocycles. The molecule has 2 aromatic carbocycles. The molecule has 1 N–H and O–H groups in total. The lowest BCUT2D eigenvalue weighted by atomic mass is 9.97. The molecule has 4 rings (SSSR count). The van der Waals surface area contributed by atoms with Crippen molar-refractivity contribution in [3.63, 3.8) is 0 Å². The third-order valence-electron chi connectivity index (χ3n) is 5.73. The molecule has 3 aromatic rings. The van der Waals surface area contributed by atoms with Crippen LogP contribution in [0.4, 0.5) is 0 Å². The number of benzene rings is 2. The Bertz CT molecular complexity index is 981. The van der Waals surface area contributed by atoms with Crippen LogP contribution in [0.3, 0.4) is 0 Å². The molecule has 1 aliphatic heterocycles. The molecule has 0 radical (unpaired) electrons. The van der Waals surface area contributed by atoms with Gasteiger partial charge < -0.3 is 5.32 Å². The summed E-state index contributed by atoms with van der Waals surface area (Å²) in [5.41, 5.74) is 2.98. The van der Waals surface area contributed by atoms with E-state index in [1.165, 1.54) is 0 Å². The van der Waals surface area contributed by atoms with Crippen molar-refractivity contribution >= 4 is 5.91 Å². The highest BCUT2D eigenvalue weighted by Crippen LogP contribution is 2.20. The lowest BCUT2D eigenvalue weighted by Crippen LogP contribution is -2.41. The van der Waals surface area contributed by atoms with Crippen molar-refractivity contribution in [3.8, 4) is 11.1 Å². The van der Waals surface area contributed by atoms with Crippen LogP contribution in [0.5, 0.6) is 0 Å². The predicted octanol–water partition coefficient (Wildman–Crippen LogP) is 3.43. The number of hydrogen-bond donors (Lipinski definition) is 1. The Kier molecular flexibility index (Phi) is 6.23. The van der Waals surface area contributed by atoms with Gasteiger partial charge in [0, 0.05) is 25.7 Å². The van der Waals surface area contributed by atoms with Crippen LogP contribution in [-0.2, 0) is 13.6 Å². The molecule has 1 atom stereocenters. The third kappa shape index (κ3) is 4.94. The fraction of sp³-hybridized carbons (Fsp3) is 0.375. The average molecular weight is 404 g/mol. The molecule has 0 bridgehead atoms. The van der Waals surface area contributed by atoms with E-state index in [1.807, 2.05) is 61.1 Å². The third-order valence-corrected chi connectivity index (χ3v) is 5.73. The molecule has 1 aliphatic rings. The number of aryl methyl sites for hydroxylation is 2. The lowest BCUT2D eigenvalue weighted by Gasteiger charge is -2.32. The average Bonchev–Trinajstić information content (AvgIpc) is 3.09. The Morgan fingerprint density at radius 2 is 1.83 bits per heavy atom. The maximum Gasteiger partial charge on any atom is 0.251 e. The number of nitrogens with zero attached hydrogens (tertiary/aromatic N) is 4. The molecule has 30 heavy (non-hydrogen) atoms. The fourth-order valence-electron chi connectivity index (χ4n) is 4.14. The minimum Gasteiger partial charge on any atom is -0.352 e. The second-order valence-electron chi connectivity index (χ2n) is 8.10. The zero-order valence-corrected chi connectivity index (χ0v) is 17.7. The zero-order chi connectivity index (χ0) is 20.9. The van der Waals surface area contributed by atoms with Gasteiger partial charge in [-0.1, -0.05) is 42.5 Å². The van der Waals surface area contributed by atoms with Gasteiger partial charge in [-0.15, -0.1) is 0 Å². The standard InChI is InChI=1S/C24H29N5O/c1-18-26-23(28(2)27-18)17-29-14-6-7-19(16-29)15-25-24(30)22-12-10-21(11-13-22)20-8-4-3-5-9-20/h3-5,8-13,19H,6-7,14-17H2,1-2H3,(H,25,30). The summed E-state index contributed by atoms with van der Waals surface area (Å²) < 4.78 is 1.86.